The minimum Gasteiger partial charge on any atom is -0.444 e. The van der Waals surface area contributed by atoms with Gasteiger partial charge in [0.05, 0.1) is 0 Å². The Kier molecular flexibility index (Phi) is 6.39. The van der Waals surface area contributed by atoms with Crippen LogP contribution in [0, 0.1) is 5.92 Å². The summed E-state index contributed by atoms with van der Waals surface area (Å²) in [5.41, 5.74) is 0.698. The molecule has 5 nitrogen and oxygen atoms in total. The lowest BCUT2D eigenvalue weighted by molar-refractivity contribution is 0.0518. The van der Waals surface area contributed by atoms with Crippen LogP contribution in [0.25, 0.3) is 0 Å². The van der Waals surface area contributed by atoms with Gasteiger partial charge in [-0.1, -0.05) is 18.9 Å². The van der Waals surface area contributed by atoms with Crippen LogP contribution >= 0.6 is 0 Å². The summed E-state index contributed by atoms with van der Waals surface area (Å²) in [5.74, 6) is 0.613. The molecule has 128 valence electrons. The van der Waals surface area contributed by atoms with Crippen molar-refractivity contribution in [1.29, 1.82) is 0 Å². The summed E-state index contributed by atoms with van der Waals surface area (Å²) in [4.78, 5) is 16.0. The molecule has 2 N–H and O–H groups in total. The van der Waals surface area contributed by atoms with E-state index in [9.17, 15) is 4.79 Å². The largest absolute Gasteiger partial charge is 0.444 e. The number of hydrogen-bond donors (Lipinski definition) is 2. The monoisotopic (exact) mass is 319 g/mol. The van der Waals surface area contributed by atoms with E-state index in [-0.39, 0.29) is 12.1 Å². The first-order valence-corrected chi connectivity index (χ1v) is 8.53. The maximum Gasteiger partial charge on any atom is 0.407 e. The molecule has 5 heteroatoms. The molecule has 1 amide bonds. The average Bonchev–Trinajstić information content (AvgIpc) is 3.00. The van der Waals surface area contributed by atoms with E-state index in [1.807, 2.05) is 33.0 Å². The van der Waals surface area contributed by atoms with Gasteiger partial charge in [0, 0.05) is 31.5 Å². The molecule has 0 saturated heterocycles. The molecule has 1 aromatic rings. The van der Waals surface area contributed by atoms with E-state index in [4.69, 9.17) is 4.74 Å². The fraction of sp³-hybridized carbons (Fsp3) is 0.667. The molecule has 1 aromatic heterocycles. The first-order valence-electron chi connectivity index (χ1n) is 8.53. The van der Waals surface area contributed by atoms with Gasteiger partial charge in [-0.05, 0) is 51.2 Å². The van der Waals surface area contributed by atoms with Crippen molar-refractivity contribution < 1.29 is 9.53 Å². The summed E-state index contributed by atoms with van der Waals surface area (Å²) in [5, 5.41) is 6.50. The zero-order valence-corrected chi connectivity index (χ0v) is 14.5. The molecular weight excluding hydrogens is 290 g/mol. The first-order chi connectivity index (χ1) is 10.9. The number of pyridine rings is 1. The minimum atomic E-state index is -0.462. The van der Waals surface area contributed by atoms with E-state index < -0.39 is 5.60 Å². The molecule has 2 rings (SSSR count). The number of hydrogen-bond acceptors (Lipinski definition) is 4. The maximum atomic E-state index is 11.9. The SMILES string of the molecule is CC(C)(C)OC(=O)NCC(NCc1cccnc1)C1CCCC1. The van der Waals surface area contributed by atoms with Crippen LogP contribution in [0.1, 0.15) is 52.0 Å². The molecule has 0 aromatic carbocycles. The van der Waals surface area contributed by atoms with E-state index in [1.54, 1.807) is 6.20 Å². The fourth-order valence-corrected chi connectivity index (χ4v) is 3.02. The highest BCUT2D eigenvalue weighted by Crippen LogP contribution is 2.27. The number of alkyl carbamates (subject to hydrolysis) is 1. The van der Waals surface area contributed by atoms with Crippen LogP contribution in [0.2, 0.25) is 0 Å². The van der Waals surface area contributed by atoms with Crippen molar-refractivity contribution in [1.82, 2.24) is 15.6 Å². The van der Waals surface area contributed by atoms with Gasteiger partial charge in [0.1, 0.15) is 5.60 Å². The Labute approximate surface area is 139 Å². The van der Waals surface area contributed by atoms with Crippen LogP contribution in [-0.2, 0) is 11.3 Å². The van der Waals surface area contributed by atoms with E-state index >= 15 is 0 Å². The van der Waals surface area contributed by atoms with Crippen molar-refractivity contribution in [3.05, 3.63) is 30.1 Å². The van der Waals surface area contributed by atoms with Crippen LogP contribution in [0.15, 0.2) is 24.5 Å². The van der Waals surface area contributed by atoms with Gasteiger partial charge in [-0.25, -0.2) is 4.79 Å². The summed E-state index contributed by atoms with van der Waals surface area (Å²) in [6.07, 6.45) is 8.32. The van der Waals surface area contributed by atoms with Crippen molar-refractivity contribution in [3.8, 4) is 0 Å². The molecule has 1 saturated carbocycles. The van der Waals surface area contributed by atoms with Gasteiger partial charge in [-0.15, -0.1) is 0 Å². The van der Waals surface area contributed by atoms with Crippen LogP contribution in [0.4, 0.5) is 4.79 Å². The number of amides is 1. The van der Waals surface area contributed by atoms with Crippen LogP contribution in [0.3, 0.4) is 0 Å². The second kappa shape index (κ2) is 8.29. The molecule has 23 heavy (non-hydrogen) atoms. The van der Waals surface area contributed by atoms with E-state index in [1.165, 1.54) is 25.7 Å². The summed E-state index contributed by atoms with van der Waals surface area (Å²) in [6, 6.07) is 4.28. The van der Waals surface area contributed by atoms with Crippen molar-refractivity contribution in [2.45, 2.75) is 64.6 Å². The van der Waals surface area contributed by atoms with Gasteiger partial charge in [-0.3, -0.25) is 4.98 Å². The zero-order chi connectivity index (χ0) is 16.7. The van der Waals surface area contributed by atoms with Crippen molar-refractivity contribution in [2.75, 3.05) is 6.54 Å². The lowest BCUT2D eigenvalue weighted by Crippen LogP contribution is -2.45. The molecule has 1 aliphatic carbocycles. The number of rotatable bonds is 6. The number of ether oxygens (including phenoxy) is 1. The van der Waals surface area contributed by atoms with Crippen LogP contribution < -0.4 is 10.6 Å². The van der Waals surface area contributed by atoms with Gasteiger partial charge in [0.25, 0.3) is 0 Å². The van der Waals surface area contributed by atoms with Crippen LogP contribution in [-0.4, -0.2) is 29.3 Å². The van der Waals surface area contributed by atoms with E-state index in [0.717, 1.165) is 12.1 Å². The second-order valence-corrected chi connectivity index (χ2v) is 7.28. The summed E-state index contributed by atoms with van der Waals surface area (Å²) >= 11 is 0. The van der Waals surface area contributed by atoms with E-state index in [0.29, 0.717) is 12.5 Å². The van der Waals surface area contributed by atoms with Crippen molar-refractivity contribution >= 4 is 6.09 Å². The molecule has 0 aliphatic heterocycles. The number of carbonyl (C=O) groups excluding carboxylic acids is 1. The third-order valence-electron chi connectivity index (χ3n) is 4.13. The Morgan fingerprint density at radius 1 is 1.39 bits per heavy atom. The molecule has 0 bridgehead atoms. The minimum absolute atomic E-state index is 0.269. The number of aromatic nitrogens is 1. The van der Waals surface area contributed by atoms with Gasteiger partial charge in [0.15, 0.2) is 0 Å². The Morgan fingerprint density at radius 2 is 2.13 bits per heavy atom. The highest BCUT2D eigenvalue weighted by molar-refractivity contribution is 5.67. The first kappa shape index (κ1) is 17.7. The third-order valence-corrected chi connectivity index (χ3v) is 4.13. The Bertz CT molecular complexity index is 479. The zero-order valence-electron chi connectivity index (χ0n) is 14.5. The third kappa shape index (κ3) is 6.57. The summed E-state index contributed by atoms with van der Waals surface area (Å²) < 4.78 is 5.33. The average molecular weight is 319 g/mol. The topological polar surface area (TPSA) is 63.2 Å². The quantitative estimate of drug-likeness (QED) is 0.845. The van der Waals surface area contributed by atoms with Crippen LogP contribution in [0.5, 0.6) is 0 Å². The molecular formula is C18H29N3O2. The maximum absolute atomic E-state index is 11.9. The standard InChI is InChI=1S/C18H29N3O2/c1-18(2,3)23-17(22)21-13-16(15-8-4-5-9-15)20-12-14-7-6-10-19-11-14/h6-7,10-11,15-16,20H,4-5,8-9,12-13H2,1-3H3,(H,21,22). The van der Waals surface area contributed by atoms with Crippen molar-refractivity contribution in [2.24, 2.45) is 5.92 Å². The molecule has 1 atom stereocenters. The fourth-order valence-electron chi connectivity index (χ4n) is 3.02. The lowest BCUT2D eigenvalue weighted by Gasteiger charge is -2.26. The highest BCUT2D eigenvalue weighted by Gasteiger charge is 2.26. The van der Waals surface area contributed by atoms with Gasteiger partial charge in [0.2, 0.25) is 0 Å². The Balaban J connectivity index is 1.85. The normalized spacial score (nSPS) is 17.0. The molecule has 1 aliphatic rings. The second-order valence-electron chi connectivity index (χ2n) is 7.28. The molecule has 0 spiro atoms. The van der Waals surface area contributed by atoms with Gasteiger partial charge < -0.3 is 15.4 Å². The summed E-state index contributed by atoms with van der Waals surface area (Å²) in [6.45, 7) is 7.00. The number of nitrogens with one attached hydrogen (secondary N) is 2. The number of nitrogens with zero attached hydrogens (tertiary/aromatic N) is 1. The lowest BCUT2D eigenvalue weighted by atomic mass is 9.98. The van der Waals surface area contributed by atoms with Gasteiger partial charge in [-0.2, -0.15) is 0 Å². The molecule has 0 radical (unpaired) electrons. The number of carbonyl (C=O) groups is 1. The molecule has 1 heterocycles. The Hall–Kier alpha value is -1.62. The highest BCUT2D eigenvalue weighted by atomic mass is 16.6. The predicted octanol–water partition coefficient (Wildman–Crippen LogP) is 3.25. The van der Waals surface area contributed by atoms with Gasteiger partial charge >= 0.3 is 6.09 Å². The Morgan fingerprint density at radius 3 is 2.74 bits per heavy atom. The summed E-state index contributed by atoms with van der Waals surface area (Å²) in [7, 11) is 0. The van der Waals surface area contributed by atoms with Crippen molar-refractivity contribution in [3.63, 3.8) is 0 Å². The predicted molar refractivity (Wildman–Crippen MR) is 91.1 cm³/mol. The van der Waals surface area contributed by atoms with E-state index in [2.05, 4.69) is 21.7 Å². The molecule has 1 unspecified atom stereocenters. The smallest absolute Gasteiger partial charge is 0.407 e. The molecule has 1 fully saturated rings.